The average Bonchev–Trinajstić information content (AvgIpc) is 3.12. The number of nitrogens with zero attached hydrogens (tertiary/aromatic N) is 2. The maximum Gasteiger partial charge on any atom is 0.240 e. The van der Waals surface area contributed by atoms with Gasteiger partial charge in [-0.15, -0.1) is 12.4 Å². The van der Waals surface area contributed by atoms with E-state index in [0.717, 1.165) is 45.4 Å². The Kier molecular flexibility index (Phi) is 5.57. The summed E-state index contributed by atoms with van der Waals surface area (Å²) in [6.07, 6.45) is 4.73. The van der Waals surface area contributed by atoms with Crippen LogP contribution in [-0.4, -0.2) is 36.0 Å². The standard InChI is InChI=1S/C12H19N3O3.ClH/c1-3-9(16-5-1)7-13-8-11-14-12(15-18-11)10-4-2-6-17-10;/h9-10,13H,1-8H2;1H. The Balaban J connectivity index is 0.00000133. The van der Waals surface area contributed by atoms with Crippen molar-refractivity contribution in [2.24, 2.45) is 0 Å². The zero-order valence-corrected chi connectivity index (χ0v) is 11.7. The van der Waals surface area contributed by atoms with Crippen molar-refractivity contribution in [3.63, 3.8) is 0 Å². The van der Waals surface area contributed by atoms with Crippen LogP contribution in [0.1, 0.15) is 43.5 Å². The summed E-state index contributed by atoms with van der Waals surface area (Å²) in [5, 5.41) is 7.25. The summed E-state index contributed by atoms with van der Waals surface area (Å²) >= 11 is 0. The normalized spacial score (nSPS) is 26.5. The summed E-state index contributed by atoms with van der Waals surface area (Å²) in [4.78, 5) is 4.35. The molecule has 108 valence electrons. The van der Waals surface area contributed by atoms with Gasteiger partial charge in [-0.1, -0.05) is 5.16 Å². The zero-order valence-electron chi connectivity index (χ0n) is 10.8. The molecule has 3 heterocycles. The quantitative estimate of drug-likeness (QED) is 0.888. The largest absolute Gasteiger partial charge is 0.377 e. The summed E-state index contributed by atoms with van der Waals surface area (Å²) in [7, 11) is 0. The van der Waals surface area contributed by atoms with Gasteiger partial charge in [-0.25, -0.2) is 0 Å². The van der Waals surface area contributed by atoms with Crippen LogP contribution in [0.25, 0.3) is 0 Å². The van der Waals surface area contributed by atoms with Crippen LogP contribution in [0, 0.1) is 0 Å². The second-order valence-corrected chi connectivity index (χ2v) is 4.81. The van der Waals surface area contributed by atoms with Gasteiger partial charge in [0.15, 0.2) is 0 Å². The molecule has 1 N–H and O–H groups in total. The van der Waals surface area contributed by atoms with E-state index in [1.54, 1.807) is 0 Å². The van der Waals surface area contributed by atoms with E-state index in [1.807, 2.05) is 0 Å². The van der Waals surface area contributed by atoms with Crippen molar-refractivity contribution in [2.45, 2.75) is 44.4 Å². The predicted molar refractivity (Wildman–Crippen MR) is 70.2 cm³/mol. The molecule has 19 heavy (non-hydrogen) atoms. The van der Waals surface area contributed by atoms with Crippen LogP contribution in [0.2, 0.25) is 0 Å². The van der Waals surface area contributed by atoms with Gasteiger partial charge in [-0.3, -0.25) is 0 Å². The first-order valence-electron chi connectivity index (χ1n) is 6.68. The van der Waals surface area contributed by atoms with Gasteiger partial charge in [0.25, 0.3) is 0 Å². The van der Waals surface area contributed by atoms with Gasteiger partial charge in [0.2, 0.25) is 11.7 Å². The van der Waals surface area contributed by atoms with E-state index in [2.05, 4.69) is 15.5 Å². The van der Waals surface area contributed by atoms with Gasteiger partial charge in [0, 0.05) is 19.8 Å². The molecule has 0 aromatic carbocycles. The maximum absolute atomic E-state index is 5.53. The highest BCUT2D eigenvalue weighted by atomic mass is 35.5. The minimum absolute atomic E-state index is 0. The Morgan fingerprint density at radius 3 is 2.74 bits per heavy atom. The van der Waals surface area contributed by atoms with Gasteiger partial charge in [-0.05, 0) is 25.7 Å². The molecule has 1 aromatic rings. The van der Waals surface area contributed by atoms with Crippen molar-refractivity contribution in [2.75, 3.05) is 19.8 Å². The first-order chi connectivity index (χ1) is 8.92. The Bertz CT molecular complexity index is 376. The zero-order chi connectivity index (χ0) is 12.2. The minimum Gasteiger partial charge on any atom is -0.377 e. The van der Waals surface area contributed by atoms with E-state index in [4.69, 9.17) is 14.0 Å². The molecule has 0 spiro atoms. The molecule has 2 aliphatic heterocycles. The van der Waals surface area contributed by atoms with Crippen molar-refractivity contribution in [3.05, 3.63) is 11.7 Å². The molecule has 2 aliphatic rings. The molecule has 0 bridgehead atoms. The highest BCUT2D eigenvalue weighted by molar-refractivity contribution is 5.85. The number of halogens is 1. The van der Waals surface area contributed by atoms with E-state index in [-0.39, 0.29) is 18.5 Å². The Hall–Kier alpha value is -0.690. The summed E-state index contributed by atoms with van der Waals surface area (Å²) < 4.78 is 16.2. The van der Waals surface area contributed by atoms with Crippen LogP contribution >= 0.6 is 12.4 Å². The molecule has 0 aliphatic carbocycles. The lowest BCUT2D eigenvalue weighted by Gasteiger charge is -2.08. The Labute approximate surface area is 118 Å². The monoisotopic (exact) mass is 289 g/mol. The summed E-state index contributed by atoms with van der Waals surface area (Å²) in [5.74, 6) is 1.31. The van der Waals surface area contributed by atoms with Crippen molar-refractivity contribution < 1.29 is 14.0 Å². The second kappa shape index (κ2) is 7.19. The Morgan fingerprint density at radius 2 is 2.00 bits per heavy atom. The molecular formula is C12H20ClN3O3. The third-order valence-corrected chi connectivity index (χ3v) is 3.37. The van der Waals surface area contributed by atoms with Crippen LogP contribution < -0.4 is 5.32 Å². The van der Waals surface area contributed by atoms with Gasteiger partial charge in [-0.2, -0.15) is 4.98 Å². The lowest BCUT2D eigenvalue weighted by atomic mass is 10.2. The summed E-state index contributed by atoms with van der Waals surface area (Å²) in [6, 6.07) is 0. The number of hydrogen-bond donors (Lipinski definition) is 1. The molecular weight excluding hydrogens is 270 g/mol. The van der Waals surface area contributed by atoms with Crippen LogP contribution in [-0.2, 0) is 16.0 Å². The molecule has 2 saturated heterocycles. The number of ether oxygens (including phenoxy) is 2. The van der Waals surface area contributed by atoms with Crippen LogP contribution in [0.5, 0.6) is 0 Å². The summed E-state index contributed by atoms with van der Waals surface area (Å²) in [6.45, 7) is 3.12. The number of aromatic nitrogens is 2. The second-order valence-electron chi connectivity index (χ2n) is 4.81. The molecule has 0 saturated carbocycles. The predicted octanol–water partition coefficient (Wildman–Crippen LogP) is 1.61. The van der Waals surface area contributed by atoms with E-state index in [1.165, 1.54) is 0 Å². The maximum atomic E-state index is 5.53. The van der Waals surface area contributed by atoms with Crippen molar-refractivity contribution in [1.29, 1.82) is 0 Å². The SMILES string of the molecule is C1COC(CNCc2nc(C3CCCO3)no2)C1.Cl. The van der Waals surface area contributed by atoms with Gasteiger partial charge >= 0.3 is 0 Å². The van der Waals surface area contributed by atoms with E-state index < -0.39 is 0 Å². The van der Waals surface area contributed by atoms with Gasteiger partial charge < -0.3 is 19.3 Å². The fourth-order valence-electron chi connectivity index (χ4n) is 2.40. The van der Waals surface area contributed by atoms with Crippen LogP contribution in [0.3, 0.4) is 0 Å². The molecule has 0 amide bonds. The van der Waals surface area contributed by atoms with Crippen LogP contribution in [0.4, 0.5) is 0 Å². The van der Waals surface area contributed by atoms with Crippen LogP contribution in [0.15, 0.2) is 4.52 Å². The van der Waals surface area contributed by atoms with E-state index in [9.17, 15) is 0 Å². The average molecular weight is 290 g/mol. The van der Waals surface area contributed by atoms with Gasteiger partial charge in [0.1, 0.15) is 6.10 Å². The van der Waals surface area contributed by atoms with E-state index >= 15 is 0 Å². The lowest BCUT2D eigenvalue weighted by Crippen LogP contribution is -2.25. The lowest BCUT2D eigenvalue weighted by molar-refractivity contribution is 0.103. The fourth-order valence-corrected chi connectivity index (χ4v) is 2.40. The Morgan fingerprint density at radius 1 is 1.16 bits per heavy atom. The smallest absolute Gasteiger partial charge is 0.240 e. The molecule has 2 fully saturated rings. The van der Waals surface area contributed by atoms with Crippen molar-refractivity contribution >= 4 is 12.4 Å². The first kappa shape index (κ1) is 14.7. The van der Waals surface area contributed by atoms with Gasteiger partial charge in [0.05, 0.1) is 12.6 Å². The van der Waals surface area contributed by atoms with Crippen molar-refractivity contribution in [3.8, 4) is 0 Å². The minimum atomic E-state index is 0. The highest BCUT2D eigenvalue weighted by Crippen LogP contribution is 2.25. The third kappa shape index (κ3) is 3.89. The number of rotatable bonds is 5. The first-order valence-corrected chi connectivity index (χ1v) is 6.68. The van der Waals surface area contributed by atoms with Crippen molar-refractivity contribution in [1.82, 2.24) is 15.5 Å². The highest BCUT2D eigenvalue weighted by Gasteiger charge is 2.23. The molecule has 7 heteroatoms. The topological polar surface area (TPSA) is 69.4 Å². The molecule has 1 aromatic heterocycles. The molecule has 0 radical (unpaired) electrons. The molecule has 2 atom stereocenters. The van der Waals surface area contributed by atoms with E-state index in [0.29, 0.717) is 24.4 Å². The number of nitrogens with one attached hydrogen (secondary N) is 1. The molecule has 2 unspecified atom stereocenters. The molecule has 3 rings (SSSR count). The number of hydrogen-bond acceptors (Lipinski definition) is 6. The summed E-state index contributed by atoms with van der Waals surface area (Å²) in [5.41, 5.74) is 0. The molecule has 6 nitrogen and oxygen atoms in total. The third-order valence-electron chi connectivity index (χ3n) is 3.37. The fraction of sp³-hybridized carbons (Fsp3) is 0.833.